The Kier molecular flexibility index (Phi) is 7.15. The summed E-state index contributed by atoms with van der Waals surface area (Å²) in [5.74, 6) is -0.0780. The third-order valence-corrected chi connectivity index (χ3v) is 7.51. The van der Waals surface area contributed by atoms with Gasteiger partial charge in [-0.2, -0.15) is 0 Å². The van der Waals surface area contributed by atoms with E-state index >= 15 is 0 Å². The monoisotopic (exact) mass is 499 g/mol. The first-order valence-electron chi connectivity index (χ1n) is 12.9. The second-order valence-corrected chi connectivity index (χ2v) is 10.0. The summed E-state index contributed by atoms with van der Waals surface area (Å²) in [5.41, 5.74) is 3.77. The lowest BCUT2D eigenvalue weighted by Gasteiger charge is -2.28. The summed E-state index contributed by atoms with van der Waals surface area (Å²) in [5, 5.41) is 12.0. The zero-order valence-corrected chi connectivity index (χ0v) is 21.3. The number of aryl methyl sites for hydroxylation is 1. The standard InChI is InChI=1S/C30H33N3O4/c1-20-18-24(32-17-15-25(19-32)33-16-3-4-21(33)2)9-14-28(20)31-29(34)22-5-10-26(11-6-22)37-27-12-7-23(8-13-27)30(35)36/h5-14,18,21,25H,3-4,15-17,19H2,1-2H3,(H,31,34)(H,35,36). The number of carboxylic acids is 1. The Labute approximate surface area is 217 Å². The molecule has 5 rings (SSSR count). The van der Waals surface area contributed by atoms with E-state index in [2.05, 4.69) is 34.2 Å². The van der Waals surface area contributed by atoms with E-state index in [1.165, 1.54) is 43.6 Å². The highest BCUT2D eigenvalue weighted by atomic mass is 16.5. The number of benzene rings is 3. The molecule has 3 aromatic carbocycles. The third-order valence-electron chi connectivity index (χ3n) is 7.51. The van der Waals surface area contributed by atoms with Gasteiger partial charge in [-0.25, -0.2) is 4.79 Å². The number of carboxylic acid groups (broad SMARTS) is 1. The number of hydrogen-bond donors (Lipinski definition) is 2. The molecule has 0 radical (unpaired) electrons. The molecule has 2 unspecified atom stereocenters. The van der Waals surface area contributed by atoms with Crippen LogP contribution in [0.25, 0.3) is 0 Å². The van der Waals surface area contributed by atoms with Crippen LogP contribution in [0.5, 0.6) is 11.5 Å². The van der Waals surface area contributed by atoms with E-state index < -0.39 is 5.97 Å². The number of nitrogens with zero attached hydrogens (tertiary/aromatic N) is 2. The molecule has 192 valence electrons. The summed E-state index contributed by atoms with van der Waals surface area (Å²) < 4.78 is 5.76. The van der Waals surface area contributed by atoms with E-state index in [0.29, 0.717) is 29.1 Å². The SMILES string of the molecule is Cc1cc(N2CCC(N3CCCC3C)C2)ccc1NC(=O)c1ccc(Oc2ccc(C(=O)O)cc2)cc1. The van der Waals surface area contributed by atoms with Crippen LogP contribution in [0.4, 0.5) is 11.4 Å². The van der Waals surface area contributed by atoms with Gasteiger partial charge >= 0.3 is 5.97 Å². The molecule has 2 atom stereocenters. The molecule has 3 aromatic rings. The topological polar surface area (TPSA) is 82.1 Å². The minimum absolute atomic E-state index is 0.183. The Bertz CT molecular complexity index is 1270. The molecule has 2 heterocycles. The average molecular weight is 500 g/mol. The first-order chi connectivity index (χ1) is 17.9. The van der Waals surface area contributed by atoms with E-state index in [4.69, 9.17) is 9.84 Å². The van der Waals surface area contributed by atoms with Crippen molar-refractivity contribution in [2.45, 2.75) is 45.2 Å². The van der Waals surface area contributed by atoms with E-state index in [9.17, 15) is 9.59 Å². The molecule has 0 bridgehead atoms. The van der Waals surface area contributed by atoms with Gasteiger partial charge in [0.15, 0.2) is 0 Å². The van der Waals surface area contributed by atoms with E-state index in [-0.39, 0.29) is 11.5 Å². The van der Waals surface area contributed by atoms with Crippen LogP contribution in [-0.2, 0) is 0 Å². The van der Waals surface area contributed by atoms with Crippen LogP contribution in [0.2, 0.25) is 0 Å². The lowest BCUT2D eigenvalue weighted by Crippen LogP contribution is -2.39. The van der Waals surface area contributed by atoms with Gasteiger partial charge in [0, 0.05) is 42.1 Å². The Morgan fingerprint density at radius 3 is 2.19 bits per heavy atom. The van der Waals surface area contributed by atoms with Gasteiger partial charge in [-0.05, 0) is 112 Å². The molecule has 0 aromatic heterocycles. The second-order valence-electron chi connectivity index (χ2n) is 10.0. The summed E-state index contributed by atoms with van der Waals surface area (Å²) >= 11 is 0. The highest BCUT2D eigenvalue weighted by Gasteiger charge is 2.33. The van der Waals surface area contributed by atoms with Gasteiger partial charge in [0.2, 0.25) is 0 Å². The number of hydrogen-bond acceptors (Lipinski definition) is 5. The molecule has 37 heavy (non-hydrogen) atoms. The van der Waals surface area contributed by atoms with Gasteiger partial charge in [0.25, 0.3) is 5.91 Å². The Balaban J connectivity index is 1.18. The molecule has 2 aliphatic heterocycles. The van der Waals surface area contributed by atoms with Crippen LogP contribution in [0, 0.1) is 6.92 Å². The fourth-order valence-electron chi connectivity index (χ4n) is 5.40. The molecule has 1 amide bonds. The van der Waals surface area contributed by atoms with Crippen molar-refractivity contribution in [3.8, 4) is 11.5 Å². The summed E-state index contributed by atoms with van der Waals surface area (Å²) in [6, 6.07) is 20.6. The molecular weight excluding hydrogens is 466 g/mol. The number of amides is 1. The van der Waals surface area contributed by atoms with Crippen molar-refractivity contribution in [2.24, 2.45) is 0 Å². The lowest BCUT2D eigenvalue weighted by molar-refractivity contribution is 0.0696. The second kappa shape index (κ2) is 10.6. The number of ether oxygens (including phenoxy) is 1. The smallest absolute Gasteiger partial charge is 0.335 e. The fraction of sp³-hybridized carbons (Fsp3) is 0.333. The van der Waals surface area contributed by atoms with Crippen molar-refractivity contribution in [1.82, 2.24) is 4.90 Å². The van der Waals surface area contributed by atoms with E-state index in [1.54, 1.807) is 36.4 Å². The molecule has 2 aliphatic rings. The van der Waals surface area contributed by atoms with Crippen LogP contribution in [0.15, 0.2) is 66.7 Å². The largest absolute Gasteiger partial charge is 0.478 e. The maximum absolute atomic E-state index is 12.9. The van der Waals surface area contributed by atoms with Gasteiger partial charge in [-0.15, -0.1) is 0 Å². The summed E-state index contributed by atoms with van der Waals surface area (Å²) in [6.07, 6.45) is 3.82. The van der Waals surface area contributed by atoms with Crippen LogP contribution in [-0.4, -0.2) is 53.6 Å². The molecule has 7 heteroatoms. The van der Waals surface area contributed by atoms with Crippen molar-refractivity contribution in [3.05, 3.63) is 83.4 Å². The molecule has 2 N–H and O–H groups in total. The van der Waals surface area contributed by atoms with E-state index in [1.807, 2.05) is 13.0 Å². The highest BCUT2D eigenvalue weighted by molar-refractivity contribution is 6.04. The van der Waals surface area contributed by atoms with Crippen LogP contribution < -0.4 is 15.0 Å². The molecule has 7 nitrogen and oxygen atoms in total. The van der Waals surface area contributed by atoms with Crippen LogP contribution >= 0.6 is 0 Å². The van der Waals surface area contributed by atoms with Gasteiger partial charge in [0.05, 0.1) is 5.56 Å². The van der Waals surface area contributed by atoms with Gasteiger partial charge in [0.1, 0.15) is 11.5 Å². The van der Waals surface area contributed by atoms with Gasteiger partial charge in [-0.3, -0.25) is 9.69 Å². The molecule has 2 saturated heterocycles. The predicted octanol–water partition coefficient (Wildman–Crippen LogP) is 5.80. The number of likely N-dealkylation sites (tertiary alicyclic amines) is 1. The minimum atomic E-state index is -0.983. The first-order valence-corrected chi connectivity index (χ1v) is 12.9. The summed E-state index contributed by atoms with van der Waals surface area (Å²) in [4.78, 5) is 29.0. The summed E-state index contributed by atoms with van der Waals surface area (Å²) in [6.45, 7) is 7.72. The zero-order chi connectivity index (χ0) is 25.9. The Morgan fingerprint density at radius 2 is 1.59 bits per heavy atom. The average Bonchev–Trinajstić information content (AvgIpc) is 3.55. The molecular formula is C30H33N3O4. The lowest BCUT2D eigenvalue weighted by atomic mass is 10.1. The minimum Gasteiger partial charge on any atom is -0.478 e. The van der Waals surface area contributed by atoms with Crippen molar-refractivity contribution >= 4 is 23.3 Å². The van der Waals surface area contributed by atoms with Crippen molar-refractivity contribution in [2.75, 3.05) is 29.9 Å². The molecule has 2 fully saturated rings. The van der Waals surface area contributed by atoms with E-state index in [0.717, 1.165) is 24.3 Å². The van der Waals surface area contributed by atoms with Gasteiger partial charge < -0.3 is 20.1 Å². The number of nitrogens with one attached hydrogen (secondary N) is 1. The maximum atomic E-state index is 12.9. The maximum Gasteiger partial charge on any atom is 0.335 e. The van der Waals surface area contributed by atoms with Crippen LogP contribution in [0.3, 0.4) is 0 Å². The normalized spacial score (nSPS) is 19.7. The first kappa shape index (κ1) is 24.8. The van der Waals surface area contributed by atoms with Crippen molar-refractivity contribution in [3.63, 3.8) is 0 Å². The Morgan fingerprint density at radius 1 is 0.919 bits per heavy atom. The van der Waals surface area contributed by atoms with Crippen molar-refractivity contribution < 1.29 is 19.4 Å². The van der Waals surface area contributed by atoms with Gasteiger partial charge in [-0.1, -0.05) is 0 Å². The molecule has 0 aliphatic carbocycles. The van der Waals surface area contributed by atoms with Crippen LogP contribution in [0.1, 0.15) is 52.5 Å². The molecule has 0 saturated carbocycles. The predicted molar refractivity (Wildman–Crippen MR) is 145 cm³/mol. The fourth-order valence-corrected chi connectivity index (χ4v) is 5.40. The Hall–Kier alpha value is -3.84. The quantitative estimate of drug-likeness (QED) is 0.428. The molecule has 0 spiro atoms. The van der Waals surface area contributed by atoms with Crippen molar-refractivity contribution in [1.29, 1.82) is 0 Å². The number of aromatic carboxylic acids is 1. The number of carbonyl (C=O) groups excluding carboxylic acids is 1. The number of carbonyl (C=O) groups is 2. The third kappa shape index (κ3) is 5.62. The zero-order valence-electron chi connectivity index (χ0n) is 21.3. The highest BCUT2D eigenvalue weighted by Crippen LogP contribution is 2.30. The number of anilines is 2. The number of rotatable bonds is 7. The summed E-state index contributed by atoms with van der Waals surface area (Å²) in [7, 11) is 0.